The van der Waals surface area contributed by atoms with Crippen molar-refractivity contribution in [1.82, 2.24) is 9.88 Å². The summed E-state index contributed by atoms with van der Waals surface area (Å²) in [6.07, 6.45) is 4.89. The standard InChI is InChI=1S/C28H34Cl3N3O4/c1-17(21-7-6-19(29)9-22(21)30)38-24-10-25(32-13-23(24)31)34-15-28(36,16-34)18-5-4-8-33(14-18)20-11-27(2,12-20)26(35)37-3/h6-7,9-10,13,17-18,20,36H,4-5,8,11-12,14-16H2,1-3H3/t17-,18+,20?,27?/m1/s1. The van der Waals surface area contributed by atoms with Gasteiger partial charge in [0.2, 0.25) is 0 Å². The molecule has 5 rings (SSSR count). The van der Waals surface area contributed by atoms with Gasteiger partial charge in [-0.05, 0) is 58.2 Å². The number of methoxy groups -OCH3 is 1. The maximum Gasteiger partial charge on any atom is 0.311 e. The quantitative estimate of drug-likeness (QED) is 0.415. The second-order valence-corrected chi connectivity index (χ2v) is 12.6. The molecule has 38 heavy (non-hydrogen) atoms. The summed E-state index contributed by atoms with van der Waals surface area (Å²) < 4.78 is 11.1. The highest BCUT2D eigenvalue weighted by molar-refractivity contribution is 6.35. The number of esters is 1. The number of ether oxygens (including phenoxy) is 2. The number of benzene rings is 1. The van der Waals surface area contributed by atoms with Crippen molar-refractivity contribution in [3.05, 3.63) is 51.1 Å². The molecule has 3 fully saturated rings. The fourth-order valence-electron chi connectivity index (χ4n) is 6.22. The Morgan fingerprint density at radius 2 is 1.92 bits per heavy atom. The van der Waals surface area contributed by atoms with Gasteiger partial charge in [-0.25, -0.2) is 4.98 Å². The van der Waals surface area contributed by atoms with Crippen molar-refractivity contribution in [2.75, 3.05) is 38.2 Å². The Morgan fingerprint density at radius 1 is 1.18 bits per heavy atom. The highest BCUT2D eigenvalue weighted by Gasteiger charge is 2.53. The van der Waals surface area contributed by atoms with Gasteiger partial charge in [0.25, 0.3) is 0 Å². The lowest BCUT2D eigenvalue weighted by atomic mass is 9.65. The Morgan fingerprint density at radius 3 is 2.61 bits per heavy atom. The molecule has 1 aromatic heterocycles. The zero-order valence-electron chi connectivity index (χ0n) is 21.9. The van der Waals surface area contributed by atoms with Crippen LogP contribution < -0.4 is 9.64 Å². The number of aliphatic hydroxyl groups is 1. The van der Waals surface area contributed by atoms with Gasteiger partial charge in [0.15, 0.2) is 0 Å². The molecule has 0 amide bonds. The molecule has 2 atom stereocenters. The van der Waals surface area contributed by atoms with Crippen molar-refractivity contribution in [3.63, 3.8) is 0 Å². The van der Waals surface area contributed by atoms with E-state index < -0.39 is 5.60 Å². The van der Waals surface area contributed by atoms with Crippen LogP contribution in [-0.2, 0) is 9.53 Å². The first-order chi connectivity index (χ1) is 18.0. The number of β-amino-alcohol motifs (C(OH)–C–C–N with tert-alkyl or cyclic N) is 1. The Balaban J connectivity index is 1.20. The number of aromatic nitrogens is 1. The first kappa shape index (κ1) is 27.8. The Kier molecular flexibility index (Phi) is 7.79. The SMILES string of the molecule is COC(=O)C1(C)CC(N2CCC[C@H](C3(O)CN(c4cc(O[C@H](C)c5ccc(Cl)cc5Cl)c(Cl)cn4)C3)C2)C1. The second-order valence-electron chi connectivity index (χ2n) is 11.3. The number of carbonyl (C=O) groups excluding carboxylic acids is 1. The van der Waals surface area contributed by atoms with Crippen molar-refractivity contribution in [1.29, 1.82) is 0 Å². The minimum atomic E-state index is -0.777. The fourth-order valence-corrected chi connectivity index (χ4v) is 6.93. The number of rotatable bonds is 7. The normalized spacial score (nSPS) is 27.7. The maximum atomic E-state index is 12.1. The third-order valence-electron chi connectivity index (χ3n) is 8.54. The summed E-state index contributed by atoms with van der Waals surface area (Å²) in [6.45, 7) is 6.74. The summed E-state index contributed by atoms with van der Waals surface area (Å²) >= 11 is 18.8. The molecule has 206 valence electrons. The number of carbonyl (C=O) groups is 1. The van der Waals surface area contributed by atoms with Crippen LogP contribution in [0.25, 0.3) is 0 Å². The van der Waals surface area contributed by atoms with Crippen LogP contribution in [0.1, 0.15) is 51.2 Å². The number of pyridine rings is 1. The monoisotopic (exact) mass is 581 g/mol. The molecule has 2 aromatic rings. The molecule has 7 nitrogen and oxygen atoms in total. The van der Waals surface area contributed by atoms with Gasteiger partial charge in [0.05, 0.1) is 31.8 Å². The van der Waals surface area contributed by atoms with Crippen LogP contribution in [0.2, 0.25) is 15.1 Å². The van der Waals surface area contributed by atoms with E-state index in [1.807, 2.05) is 26.0 Å². The summed E-state index contributed by atoms with van der Waals surface area (Å²) in [5, 5.41) is 13.0. The number of likely N-dealkylation sites (tertiary alicyclic amines) is 1. The van der Waals surface area contributed by atoms with Gasteiger partial charge in [0, 0.05) is 40.2 Å². The molecule has 1 saturated carbocycles. The van der Waals surface area contributed by atoms with Crippen LogP contribution >= 0.6 is 34.8 Å². The first-order valence-electron chi connectivity index (χ1n) is 13.1. The van der Waals surface area contributed by atoms with E-state index in [0.29, 0.717) is 45.8 Å². The van der Waals surface area contributed by atoms with Gasteiger partial charge >= 0.3 is 5.97 Å². The average Bonchev–Trinajstić information content (AvgIpc) is 2.85. The van der Waals surface area contributed by atoms with Crippen molar-refractivity contribution in [2.24, 2.45) is 11.3 Å². The lowest BCUT2D eigenvalue weighted by Gasteiger charge is -2.56. The third kappa shape index (κ3) is 5.33. The van der Waals surface area contributed by atoms with E-state index in [1.165, 1.54) is 7.11 Å². The Labute approximate surface area is 239 Å². The number of halogens is 3. The summed E-state index contributed by atoms with van der Waals surface area (Å²) in [5.74, 6) is 1.27. The van der Waals surface area contributed by atoms with Gasteiger partial charge in [0.1, 0.15) is 28.3 Å². The molecule has 2 aliphatic heterocycles. The third-order valence-corrected chi connectivity index (χ3v) is 9.39. The zero-order valence-corrected chi connectivity index (χ0v) is 24.2. The number of hydrogen-bond donors (Lipinski definition) is 1. The van der Waals surface area contributed by atoms with Crippen LogP contribution in [0.4, 0.5) is 5.82 Å². The molecule has 10 heteroatoms. The lowest BCUT2D eigenvalue weighted by Crippen LogP contribution is -2.69. The van der Waals surface area contributed by atoms with Crippen molar-refractivity contribution >= 4 is 46.6 Å². The van der Waals surface area contributed by atoms with E-state index in [0.717, 1.165) is 44.3 Å². The molecule has 0 unspecified atom stereocenters. The van der Waals surface area contributed by atoms with Gasteiger partial charge in [-0.1, -0.05) is 40.9 Å². The van der Waals surface area contributed by atoms with Gasteiger partial charge in [-0.2, -0.15) is 0 Å². The molecular formula is C28H34Cl3N3O4. The van der Waals surface area contributed by atoms with Gasteiger partial charge < -0.3 is 19.5 Å². The fraction of sp³-hybridized carbons (Fsp3) is 0.571. The molecule has 1 N–H and O–H groups in total. The predicted molar refractivity (Wildman–Crippen MR) is 149 cm³/mol. The van der Waals surface area contributed by atoms with E-state index in [-0.39, 0.29) is 23.4 Å². The summed E-state index contributed by atoms with van der Waals surface area (Å²) in [5.41, 5.74) is -0.350. The summed E-state index contributed by atoms with van der Waals surface area (Å²) in [6, 6.07) is 7.49. The highest BCUT2D eigenvalue weighted by atomic mass is 35.5. The molecule has 0 bridgehead atoms. The molecule has 3 heterocycles. The average molecular weight is 583 g/mol. The van der Waals surface area contributed by atoms with E-state index >= 15 is 0 Å². The second kappa shape index (κ2) is 10.7. The molecule has 0 radical (unpaired) electrons. The lowest BCUT2D eigenvalue weighted by molar-refractivity contribution is -0.163. The van der Waals surface area contributed by atoms with Crippen LogP contribution in [0.15, 0.2) is 30.5 Å². The van der Waals surface area contributed by atoms with Crippen LogP contribution in [0, 0.1) is 11.3 Å². The van der Waals surface area contributed by atoms with E-state index in [9.17, 15) is 9.90 Å². The van der Waals surface area contributed by atoms with Crippen LogP contribution in [0.3, 0.4) is 0 Å². The van der Waals surface area contributed by atoms with E-state index in [4.69, 9.17) is 44.3 Å². The maximum absolute atomic E-state index is 12.1. The number of hydrogen-bond acceptors (Lipinski definition) is 7. The first-order valence-corrected chi connectivity index (χ1v) is 14.2. The van der Waals surface area contributed by atoms with Crippen LogP contribution in [0.5, 0.6) is 5.75 Å². The molecule has 3 aliphatic rings. The molecule has 1 aromatic carbocycles. The summed E-state index contributed by atoms with van der Waals surface area (Å²) in [4.78, 5) is 21.1. The van der Waals surface area contributed by atoms with E-state index in [2.05, 4.69) is 14.8 Å². The van der Waals surface area contributed by atoms with Crippen molar-refractivity contribution in [2.45, 2.75) is 57.3 Å². The molecule has 2 saturated heterocycles. The minimum absolute atomic E-state index is 0.125. The molecule has 1 aliphatic carbocycles. The van der Waals surface area contributed by atoms with E-state index in [1.54, 1.807) is 18.3 Å². The molecule has 0 spiro atoms. The molecular weight excluding hydrogens is 549 g/mol. The topological polar surface area (TPSA) is 75.1 Å². The van der Waals surface area contributed by atoms with Gasteiger partial charge in [-0.15, -0.1) is 0 Å². The smallest absolute Gasteiger partial charge is 0.311 e. The Hall–Kier alpha value is -1.77. The highest BCUT2D eigenvalue weighted by Crippen LogP contribution is 2.47. The number of piperidine rings is 1. The number of anilines is 1. The largest absolute Gasteiger partial charge is 0.484 e. The van der Waals surface area contributed by atoms with Crippen LogP contribution in [-0.4, -0.2) is 65.9 Å². The van der Waals surface area contributed by atoms with Crippen molar-refractivity contribution in [3.8, 4) is 5.75 Å². The minimum Gasteiger partial charge on any atom is -0.484 e. The zero-order chi connectivity index (χ0) is 27.2. The number of nitrogens with zero attached hydrogens (tertiary/aromatic N) is 3. The van der Waals surface area contributed by atoms with Crippen molar-refractivity contribution < 1.29 is 19.4 Å². The summed E-state index contributed by atoms with van der Waals surface area (Å²) in [7, 11) is 1.45. The van der Waals surface area contributed by atoms with Gasteiger partial charge in [-0.3, -0.25) is 9.69 Å². The predicted octanol–water partition coefficient (Wildman–Crippen LogP) is 5.79. The Bertz CT molecular complexity index is 1200.